The maximum Gasteiger partial charge on any atom is 0.147 e. The number of halogens is 2. The van der Waals surface area contributed by atoms with E-state index >= 15 is 0 Å². The van der Waals surface area contributed by atoms with Gasteiger partial charge in [0.1, 0.15) is 17.6 Å². The minimum absolute atomic E-state index is 0.435. The largest absolute Gasteiger partial charge is 0.454 e. The Morgan fingerprint density at radius 3 is 2.56 bits per heavy atom. The standard InChI is InChI=1S/C14H9Cl2NO/c1-9-2-5-13(10(6-9)8-17)18-14-7-11(15)3-4-12(14)16/h2-7H,1H3. The molecule has 0 fully saturated rings. The molecule has 2 rings (SSSR count). The topological polar surface area (TPSA) is 33.0 Å². The van der Waals surface area contributed by atoms with Crippen molar-refractivity contribution in [2.45, 2.75) is 6.92 Å². The molecule has 0 atom stereocenters. The first kappa shape index (κ1) is 12.8. The summed E-state index contributed by atoms with van der Waals surface area (Å²) in [6, 6.07) is 12.4. The van der Waals surface area contributed by atoms with Crippen molar-refractivity contribution in [2.24, 2.45) is 0 Å². The Kier molecular flexibility index (Phi) is 3.76. The van der Waals surface area contributed by atoms with E-state index in [1.807, 2.05) is 13.0 Å². The second-order valence-corrected chi connectivity index (χ2v) is 4.63. The van der Waals surface area contributed by atoms with Crippen LogP contribution in [0.25, 0.3) is 0 Å². The summed E-state index contributed by atoms with van der Waals surface area (Å²) in [5, 5.41) is 10.0. The third-order valence-electron chi connectivity index (χ3n) is 2.37. The lowest BCUT2D eigenvalue weighted by atomic mass is 10.1. The van der Waals surface area contributed by atoms with Crippen LogP contribution in [0.3, 0.4) is 0 Å². The van der Waals surface area contributed by atoms with E-state index in [0.29, 0.717) is 27.1 Å². The molecule has 0 aromatic heterocycles. The molecule has 18 heavy (non-hydrogen) atoms. The lowest BCUT2D eigenvalue weighted by molar-refractivity contribution is 0.481. The monoisotopic (exact) mass is 277 g/mol. The Labute approximate surface area is 115 Å². The van der Waals surface area contributed by atoms with Crippen molar-refractivity contribution in [1.29, 1.82) is 5.26 Å². The summed E-state index contributed by atoms with van der Waals surface area (Å²) in [5.74, 6) is 0.900. The smallest absolute Gasteiger partial charge is 0.147 e. The molecule has 0 saturated heterocycles. The molecule has 0 aliphatic heterocycles. The Morgan fingerprint density at radius 2 is 1.83 bits per heavy atom. The highest BCUT2D eigenvalue weighted by molar-refractivity contribution is 6.34. The maximum absolute atomic E-state index is 9.06. The van der Waals surface area contributed by atoms with Crippen LogP contribution in [0.2, 0.25) is 10.0 Å². The van der Waals surface area contributed by atoms with Crippen LogP contribution in [0.4, 0.5) is 0 Å². The first-order chi connectivity index (χ1) is 8.60. The van der Waals surface area contributed by atoms with Gasteiger partial charge in [-0.2, -0.15) is 5.26 Å². The number of hydrogen-bond acceptors (Lipinski definition) is 2. The molecule has 0 saturated carbocycles. The Bertz CT molecular complexity index is 632. The minimum atomic E-state index is 0.435. The fourth-order valence-corrected chi connectivity index (χ4v) is 1.81. The lowest BCUT2D eigenvalue weighted by Crippen LogP contribution is -1.90. The molecule has 4 heteroatoms. The van der Waals surface area contributed by atoms with Gasteiger partial charge in [0.2, 0.25) is 0 Å². The van der Waals surface area contributed by atoms with Gasteiger partial charge < -0.3 is 4.74 Å². The fourth-order valence-electron chi connectivity index (χ4n) is 1.49. The van der Waals surface area contributed by atoms with Gasteiger partial charge in [-0.3, -0.25) is 0 Å². The van der Waals surface area contributed by atoms with Crippen molar-refractivity contribution >= 4 is 23.2 Å². The molecule has 0 aliphatic rings. The number of aryl methyl sites for hydroxylation is 1. The Morgan fingerprint density at radius 1 is 1.06 bits per heavy atom. The summed E-state index contributed by atoms with van der Waals surface area (Å²) in [4.78, 5) is 0. The highest BCUT2D eigenvalue weighted by Gasteiger charge is 2.08. The zero-order chi connectivity index (χ0) is 13.1. The van der Waals surface area contributed by atoms with Gasteiger partial charge >= 0.3 is 0 Å². The summed E-state index contributed by atoms with van der Waals surface area (Å²) in [5.41, 5.74) is 1.46. The molecule has 0 radical (unpaired) electrons. The first-order valence-electron chi connectivity index (χ1n) is 5.24. The van der Waals surface area contributed by atoms with Crippen LogP contribution in [0.15, 0.2) is 36.4 Å². The zero-order valence-corrected chi connectivity index (χ0v) is 11.1. The van der Waals surface area contributed by atoms with Gasteiger partial charge in [0, 0.05) is 11.1 Å². The number of benzene rings is 2. The molecule has 0 heterocycles. The SMILES string of the molecule is Cc1ccc(Oc2cc(Cl)ccc2Cl)c(C#N)c1. The van der Waals surface area contributed by atoms with Gasteiger partial charge in [0.25, 0.3) is 0 Å². The van der Waals surface area contributed by atoms with E-state index in [2.05, 4.69) is 6.07 Å². The van der Waals surface area contributed by atoms with Crippen molar-refractivity contribution in [2.75, 3.05) is 0 Å². The summed E-state index contributed by atoms with van der Waals surface area (Å²) in [6.07, 6.45) is 0. The highest BCUT2D eigenvalue weighted by Crippen LogP contribution is 2.33. The molecule has 0 spiro atoms. The van der Waals surface area contributed by atoms with Crippen LogP contribution >= 0.6 is 23.2 Å². The molecule has 0 aliphatic carbocycles. The van der Waals surface area contributed by atoms with Crippen molar-refractivity contribution in [3.05, 3.63) is 57.6 Å². The van der Waals surface area contributed by atoms with Crippen LogP contribution in [0, 0.1) is 18.3 Å². The van der Waals surface area contributed by atoms with Gasteiger partial charge in [-0.05, 0) is 36.8 Å². The number of rotatable bonds is 2. The first-order valence-corrected chi connectivity index (χ1v) is 5.99. The predicted octanol–water partition coefficient (Wildman–Crippen LogP) is 4.97. The van der Waals surface area contributed by atoms with Crippen LogP contribution in [0.5, 0.6) is 11.5 Å². The van der Waals surface area contributed by atoms with E-state index in [0.717, 1.165) is 5.56 Å². The van der Waals surface area contributed by atoms with E-state index < -0.39 is 0 Å². The summed E-state index contributed by atoms with van der Waals surface area (Å²) < 4.78 is 5.63. The molecule has 90 valence electrons. The van der Waals surface area contributed by atoms with E-state index in [1.54, 1.807) is 30.3 Å². The van der Waals surface area contributed by atoms with Crippen LogP contribution < -0.4 is 4.74 Å². The van der Waals surface area contributed by atoms with Gasteiger partial charge in [-0.1, -0.05) is 29.3 Å². The Balaban J connectivity index is 2.40. The fraction of sp³-hybridized carbons (Fsp3) is 0.0714. The number of nitriles is 1. The molecule has 2 nitrogen and oxygen atoms in total. The molecule has 2 aromatic carbocycles. The van der Waals surface area contributed by atoms with Crippen LogP contribution in [-0.2, 0) is 0 Å². The average Bonchev–Trinajstić information content (AvgIpc) is 2.36. The number of ether oxygens (including phenoxy) is 1. The maximum atomic E-state index is 9.06. The van der Waals surface area contributed by atoms with Crippen molar-refractivity contribution in [3.63, 3.8) is 0 Å². The van der Waals surface area contributed by atoms with Crippen molar-refractivity contribution < 1.29 is 4.74 Å². The van der Waals surface area contributed by atoms with E-state index in [-0.39, 0.29) is 0 Å². The van der Waals surface area contributed by atoms with E-state index in [9.17, 15) is 0 Å². The summed E-state index contributed by atoms with van der Waals surface area (Å²) in [7, 11) is 0. The van der Waals surface area contributed by atoms with Gasteiger partial charge in [-0.15, -0.1) is 0 Å². The molecule has 0 unspecified atom stereocenters. The molecule has 0 bridgehead atoms. The van der Waals surface area contributed by atoms with Crippen LogP contribution in [-0.4, -0.2) is 0 Å². The second kappa shape index (κ2) is 5.30. The molecule has 0 amide bonds. The highest BCUT2D eigenvalue weighted by atomic mass is 35.5. The molecular formula is C14H9Cl2NO. The Hall–Kier alpha value is -1.69. The third kappa shape index (κ3) is 2.76. The van der Waals surface area contributed by atoms with E-state index in [4.69, 9.17) is 33.2 Å². The minimum Gasteiger partial charge on any atom is -0.454 e. The van der Waals surface area contributed by atoms with Crippen molar-refractivity contribution in [1.82, 2.24) is 0 Å². The quantitative estimate of drug-likeness (QED) is 0.777. The van der Waals surface area contributed by atoms with Crippen LogP contribution in [0.1, 0.15) is 11.1 Å². The summed E-state index contributed by atoms with van der Waals surface area (Å²) >= 11 is 11.9. The normalized spacial score (nSPS) is 9.89. The van der Waals surface area contributed by atoms with Gasteiger partial charge in [0.15, 0.2) is 0 Å². The number of hydrogen-bond donors (Lipinski definition) is 0. The summed E-state index contributed by atoms with van der Waals surface area (Å²) in [6.45, 7) is 1.91. The lowest BCUT2D eigenvalue weighted by Gasteiger charge is -2.09. The third-order valence-corrected chi connectivity index (χ3v) is 2.92. The molecular weight excluding hydrogens is 269 g/mol. The molecule has 0 N–H and O–H groups in total. The van der Waals surface area contributed by atoms with Crippen molar-refractivity contribution in [3.8, 4) is 17.6 Å². The van der Waals surface area contributed by atoms with Gasteiger partial charge in [-0.25, -0.2) is 0 Å². The number of nitrogens with zero attached hydrogens (tertiary/aromatic N) is 1. The predicted molar refractivity (Wildman–Crippen MR) is 72.4 cm³/mol. The van der Waals surface area contributed by atoms with E-state index in [1.165, 1.54) is 0 Å². The average molecular weight is 278 g/mol. The van der Waals surface area contributed by atoms with Gasteiger partial charge in [0.05, 0.1) is 10.6 Å². The second-order valence-electron chi connectivity index (χ2n) is 3.79. The zero-order valence-electron chi connectivity index (χ0n) is 9.58. The molecule has 2 aromatic rings.